The summed E-state index contributed by atoms with van der Waals surface area (Å²) < 4.78 is 5.51. The average molecular weight is 288 g/mol. The van der Waals surface area contributed by atoms with Crippen LogP contribution in [0.5, 0.6) is 0 Å². The third kappa shape index (κ3) is 2.28. The van der Waals surface area contributed by atoms with Crippen LogP contribution in [0.1, 0.15) is 13.3 Å². The monoisotopic (exact) mass is 288 g/mol. The van der Waals surface area contributed by atoms with Crippen LogP contribution in [0.3, 0.4) is 0 Å². The van der Waals surface area contributed by atoms with Crippen molar-refractivity contribution in [1.29, 1.82) is 0 Å². The summed E-state index contributed by atoms with van der Waals surface area (Å²) in [5.41, 5.74) is 0. The third-order valence-electron chi connectivity index (χ3n) is 4.02. The zero-order valence-corrected chi connectivity index (χ0v) is 11.4. The van der Waals surface area contributed by atoms with Gasteiger partial charge in [0.15, 0.2) is 0 Å². The Kier molecular flexibility index (Phi) is 4.28. The molecule has 0 spiro atoms. The van der Waals surface area contributed by atoms with Gasteiger partial charge >= 0.3 is 0 Å². The third-order valence-corrected chi connectivity index (χ3v) is 4.02. The Balaban J connectivity index is 2.30. The van der Waals surface area contributed by atoms with Gasteiger partial charge in [0.2, 0.25) is 11.8 Å². The molecule has 2 amide bonds. The van der Waals surface area contributed by atoms with E-state index in [1.54, 1.807) is 0 Å². The van der Waals surface area contributed by atoms with Gasteiger partial charge in [-0.05, 0) is 0 Å². The van der Waals surface area contributed by atoms with Crippen molar-refractivity contribution in [1.82, 2.24) is 10.2 Å². The number of aliphatic hydroxyl groups is 3. The SMILES string of the molecule is CNC(=O)[C@@H]1C[C@H]2O[C@H](CO)[C@@H](O)[C@H](O)[C@H]2N1C(C)=O. The number of nitrogens with one attached hydrogen (secondary N) is 1. The standard InChI is InChI=1S/C12H20N2O6/c1-5(16)14-6(12(19)13-2)3-7-9(14)11(18)10(17)8(4-15)20-7/h6-11,15,17-18H,3-4H2,1-2H3,(H,13,19)/t6-,7+,8+,9-,10+,11+/m0/s1. The van der Waals surface area contributed by atoms with E-state index in [0.29, 0.717) is 0 Å². The molecule has 0 bridgehead atoms. The van der Waals surface area contributed by atoms with Gasteiger partial charge in [0.25, 0.3) is 0 Å². The van der Waals surface area contributed by atoms with Crippen LogP contribution in [0.15, 0.2) is 0 Å². The molecule has 0 aliphatic carbocycles. The number of ether oxygens (including phenoxy) is 1. The van der Waals surface area contributed by atoms with E-state index in [1.165, 1.54) is 18.9 Å². The zero-order valence-electron chi connectivity index (χ0n) is 11.4. The minimum atomic E-state index is -1.30. The fraction of sp³-hybridized carbons (Fsp3) is 0.833. The predicted molar refractivity (Wildman–Crippen MR) is 66.5 cm³/mol. The number of hydrogen-bond acceptors (Lipinski definition) is 6. The molecular weight excluding hydrogens is 268 g/mol. The highest BCUT2D eigenvalue weighted by Crippen LogP contribution is 2.35. The molecule has 20 heavy (non-hydrogen) atoms. The highest BCUT2D eigenvalue weighted by molar-refractivity contribution is 5.87. The van der Waals surface area contributed by atoms with Crippen LogP contribution in [0, 0.1) is 0 Å². The van der Waals surface area contributed by atoms with Gasteiger partial charge in [-0.3, -0.25) is 9.59 Å². The van der Waals surface area contributed by atoms with Gasteiger partial charge in [-0.2, -0.15) is 0 Å². The second-order valence-electron chi connectivity index (χ2n) is 5.16. The number of likely N-dealkylation sites (tertiary alicyclic amines) is 1. The van der Waals surface area contributed by atoms with E-state index < -0.39 is 43.1 Å². The molecule has 0 unspecified atom stereocenters. The first-order chi connectivity index (χ1) is 9.42. The summed E-state index contributed by atoms with van der Waals surface area (Å²) in [6, 6.07) is -1.53. The molecule has 2 heterocycles. The van der Waals surface area contributed by atoms with E-state index in [9.17, 15) is 19.8 Å². The maximum atomic E-state index is 11.9. The van der Waals surface area contributed by atoms with Crippen LogP contribution < -0.4 is 5.32 Å². The quantitative estimate of drug-likeness (QED) is 0.436. The molecule has 8 heteroatoms. The fourth-order valence-electron chi connectivity index (χ4n) is 3.09. The number of nitrogens with zero attached hydrogens (tertiary/aromatic N) is 1. The Bertz CT molecular complexity index is 403. The summed E-state index contributed by atoms with van der Waals surface area (Å²) in [7, 11) is 1.46. The molecular formula is C12H20N2O6. The van der Waals surface area contributed by atoms with Gasteiger partial charge in [0.05, 0.1) is 18.8 Å². The van der Waals surface area contributed by atoms with E-state index in [2.05, 4.69) is 5.32 Å². The Hall–Kier alpha value is -1.22. The lowest BCUT2D eigenvalue weighted by molar-refractivity contribution is -0.199. The van der Waals surface area contributed by atoms with Crippen molar-refractivity contribution in [3.8, 4) is 0 Å². The molecule has 0 radical (unpaired) electrons. The van der Waals surface area contributed by atoms with E-state index >= 15 is 0 Å². The highest BCUT2D eigenvalue weighted by Gasteiger charge is 2.55. The van der Waals surface area contributed by atoms with E-state index in [-0.39, 0.29) is 18.2 Å². The minimum Gasteiger partial charge on any atom is -0.394 e. The molecule has 0 aromatic rings. The molecule has 6 atom stereocenters. The first-order valence-corrected chi connectivity index (χ1v) is 6.55. The summed E-state index contributed by atoms with van der Waals surface area (Å²) in [6.07, 6.45) is -3.83. The predicted octanol–water partition coefficient (Wildman–Crippen LogP) is -2.80. The molecule has 4 N–H and O–H groups in total. The van der Waals surface area contributed by atoms with E-state index in [1.807, 2.05) is 0 Å². The van der Waals surface area contributed by atoms with Crippen LogP contribution in [0.4, 0.5) is 0 Å². The Morgan fingerprint density at radius 2 is 2.00 bits per heavy atom. The largest absolute Gasteiger partial charge is 0.394 e. The Morgan fingerprint density at radius 3 is 2.50 bits per heavy atom. The topological polar surface area (TPSA) is 119 Å². The van der Waals surface area contributed by atoms with Crippen LogP contribution in [0.2, 0.25) is 0 Å². The number of carbonyl (C=O) groups excluding carboxylic acids is 2. The Morgan fingerprint density at radius 1 is 1.35 bits per heavy atom. The second kappa shape index (κ2) is 5.65. The number of likely N-dealkylation sites (N-methyl/N-ethyl adjacent to an activating group) is 1. The summed E-state index contributed by atoms with van der Waals surface area (Å²) in [5, 5.41) is 31.7. The second-order valence-corrected chi connectivity index (χ2v) is 5.16. The van der Waals surface area contributed by atoms with Gasteiger partial charge in [-0.25, -0.2) is 0 Å². The van der Waals surface area contributed by atoms with Crippen LogP contribution in [-0.2, 0) is 14.3 Å². The Labute approximate surface area is 116 Å². The first kappa shape index (κ1) is 15.2. The number of carbonyl (C=O) groups is 2. The van der Waals surface area contributed by atoms with Crippen molar-refractivity contribution in [2.75, 3.05) is 13.7 Å². The minimum absolute atomic E-state index is 0.226. The molecule has 8 nitrogen and oxygen atoms in total. The van der Waals surface area contributed by atoms with Gasteiger partial charge in [-0.1, -0.05) is 0 Å². The highest BCUT2D eigenvalue weighted by atomic mass is 16.5. The van der Waals surface area contributed by atoms with Gasteiger partial charge in [0, 0.05) is 20.4 Å². The lowest BCUT2D eigenvalue weighted by Gasteiger charge is -2.42. The molecule has 2 aliphatic heterocycles. The van der Waals surface area contributed by atoms with Crippen molar-refractivity contribution < 1.29 is 29.6 Å². The van der Waals surface area contributed by atoms with Crippen LogP contribution in [-0.4, -0.2) is 82.2 Å². The zero-order chi connectivity index (χ0) is 15.0. The van der Waals surface area contributed by atoms with E-state index in [4.69, 9.17) is 9.84 Å². The molecule has 0 aromatic carbocycles. The van der Waals surface area contributed by atoms with Crippen molar-refractivity contribution >= 4 is 11.8 Å². The van der Waals surface area contributed by atoms with Crippen LogP contribution >= 0.6 is 0 Å². The van der Waals surface area contributed by atoms with Gasteiger partial charge in [0.1, 0.15) is 24.4 Å². The van der Waals surface area contributed by atoms with Crippen molar-refractivity contribution in [3.63, 3.8) is 0 Å². The smallest absolute Gasteiger partial charge is 0.242 e. The summed E-state index contributed by atoms with van der Waals surface area (Å²) >= 11 is 0. The van der Waals surface area contributed by atoms with Crippen molar-refractivity contribution in [2.45, 2.75) is 49.8 Å². The maximum Gasteiger partial charge on any atom is 0.242 e. The number of aliphatic hydroxyl groups excluding tert-OH is 3. The maximum absolute atomic E-state index is 11.9. The number of amides is 2. The van der Waals surface area contributed by atoms with E-state index in [0.717, 1.165) is 0 Å². The normalized spacial score (nSPS) is 40.4. The van der Waals surface area contributed by atoms with Gasteiger partial charge < -0.3 is 30.3 Å². The van der Waals surface area contributed by atoms with Crippen LogP contribution in [0.25, 0.3) is 0 Å². The van der Waals surface area contributed by atoms with Crippen molar-refractivity contribution in [3.05, 3.63) is 0 Å². The lowest BCUT2D eigenvalue weighted by atomic mass is 9.93. The van der Waals surface area contributed by atoms with Gasteiger partial charge in [-0.15, -0.1) is 0 Å². The van der Waals surface area contributed by atoms with Crippen molar-refractivity contribution in [2.24, 2.45) is 0 Å². The summed E-state index contributed by atoms with van der Waals surface area (Å²) in [6.45, 7) is 0.863. The number of hydrogen-bond donors (Lipinski definition) is 4. The molecule has 0 saturated carbocycles. The average Bonchev–Trinajstić information content (AvgIpc) is 2.81. The lowest BCUT2D eigenvalue weighted by Crippen LogP contribution is -2.62. The molecule has 2 aliphatic rings. The fourth-order valence-corrected chi connectivity index (χ4v) is 3.09. The number of fused-ring (bicyclic) bond motifs is 1. The number of rotatable bonds is 2. The summed E-state index contributed by atoms with van der Waals surface area (Å²) in [5.74, 6) is -0.719. The molecule has 2 fully saturated rings. The molecule has 2 saturated heterocycles. The molecule has 2 rings (SSSR count). The summed E-state index contributed by atoms with van der Waals surface area (Å²) in [4.78, 5) is 24.9. The molecule has 0 aromatic heterocycles. The molecule has 114 valence electrons. The first-order valence-electron chi connectivity index (χ1n) is 6.55.